The molecule has 0 bridgehead atoms. The summed E-state index contributed by atoms with van der Waals surface area (Å²) in [5.41, 5.74) is 0.632. The summed E-state index contributed by atoms with van der Waals surface area (Å²) in [7, 11) is -3.45. The van der Waals surface area contributed by atoms with Crippen molar-refractivity contribution < 1.29 is 18.1 Å². The number of quaternary nitrogens is 1. The van der Waals surface area contributed by atoms with E-state index in [4.69, 9.17) is 0 Å². The molecule has 2 rings (SSSR count). The molecule has 0 radical (unpaired) electrons. The van der Waals surface area contributed by atoms with Crippen LogP contribution in [0.25, 0.3) is 0 Å². The van der Waals surface area contributed by atoms with Crippen LogP contribution in [-0.2, 0) is 14.8 Å². The van der Waals surface area contributed by atoms with Gasteiger partial charge in [0.05, 0.1) is 18.0 Å². The maximum atomic E-state index is 12.4. The molecule has 0 atom stereocenters. The van der Waals surface area contributed by atoms with Gasteiger partial charge in [-0.25, -0.2) is 8.42 Å². The van der Waals surface area contributed by atoms with Gasteiger partial charge in [0.15, 0.2) is 6.54 Å². The average Bonchev–Trinajstić information content (AvgIpc) is 3.01. The molecular weight excluding hydrogens is 314 g/mol. The van der Waals surface area contributed by atoms with Crippen molar-refractivity contribution in [2.45, 2.75) is 31.6 Å². The van der Waals surface area contributed by atoms with Crippen molar-refractivity contribution in [3.63, 3.8) is 0 Å². The highest BCUT2D eigenvalue weighted by Crippen LogP contribution is 2.18. The number of carbonyl (C=O) groups excluding carboxylic acids is 1. The number of hydrogen-bond donors (Lipinski definition) is 2. The van der Waals surface area contributed by atoms with Gasteiger partial charge in [0, 0.05) is 31.6 Å². The van der Waals surface area contributed by atoms with Gasteiger partial charge in [-0.05, 0) is 24.3 Å². The number of amides is 1. The number of hydrogen-bond acceptors (Lipinski definition) is 3. The third kappa shape index (κ3) is 4.53. The summed E-state index contributed by atoms with van der Waals surface area (Å²) in [6, 6.07) is 6.39. The first kappa shape index (κ1) is 17.9. The quantitative estimate of drug-likeness (QED) is 0.752. The molecule has 1 aromatic rings. The second kappa shape index (κ2) is 7.90. The van der Waals surface area contributed by atoms with Gasteiger partial charge >= 0.3 is 0 Å². The molecule has 0 unspecified atom stereocenters. The molecule has 23 heavy (non-hydrogen) atoms. The van der Waals surface area contributed by atoms with Crippen molar-refractivity contribution in [1.29, 1.82) is 0 Å². The van der Waals surface area contributed by atoms with Gasteiger partial charge in [-0.2, -0.15) is 4.31 Å². The molecule has 1 amide bonds. The van der Waals surface area contributed by atoms with Gasteiger partial charge in [0.25, 0.3) is 5.91 Å². The minimum absolute atomic E-state index is 0.0266. The predicted octanol–water partition coefficient (Wildman–Crippen LogP) is 0.334. The van der Waals surface area contributed by atoms with E-state index in [-0.39, 0.29) is 10.8 Å². The molecule has 0 spiro atoms. The summed E-state index contributed by atoms with van der Waals surface area (Å²) < 4.78 is 26.2. The topological polar surface area (TPSA) is 70.9 Å². The molecule has 6 nitrogen and oxygen atoms in total. The first-order valence-corrected chi connectivity index (χ1v) is 9.65. The van der Waals surface area contributed by atoms with E-state index in [1.165, 1.54) is 22.0 Å². The number of sulfonamides is 1. The second-order valence-electron chi connectivity index (χ2n) is 5.80. The zero-order valence-corrected chi connectivity index (χ0v) is 14.7. The number of nitrogens with one attached hydrogen (secondary N) is 2. The summed E-state index contributed by atoms with van der Waals surface area (Å²) in [5.74, 6) is -0.0266. The number of anilines is 1. The fraction of sp³-hybridized carbons (Fsp3) is 0.562. The van der Waals surface area contributed by atoms with E-state index >= 15 is 0 Å². The normalized spacial score (nSPS) is 16.0. The van der Waals surface area contributed by atoms with Crippen molar-refractivity contribution in [2.75, 3.05) is 38.0 Å². The van der Waals surface area contributed by atoms with Crippen LogP contribution >= 0.6 is 0 Å². The van der Waals surface area contributed by atoms with Gasteiger partial charge < -0.3 is 10.2 Å². The molecule has 2 N–H and O–H groups in total. The zero-order chi connectivity index (χ0) is 16.9. The van der Waals surface area contributed by atoms with Crippen molar-refractivity contribution in [1.82, 2.24) is 4.31 Å². The summed E-state index contributed by atoms with van der Waals surface area (Å²) in [6.07, 6.45) is 2.36. The Balaban J connectivity index is 2.00. The largest absolute Gasteiger partial charge is 0.327 e. The van der Waals surface area contributed by atoms with Gasteiger partial charge in [-0.15, -0.1) is 0 Å². The van der Waals surface area contributed by atoms with Gasteiger partial charge in [-0.3, -0.25) is 4.79 Å². The monoisotopic (exact) mass is 340 g/mol. The minimum Gasteiger partial charge on any atom is -0.327 e. The first-order chi connectivity index (χ1) is 11.0. The molecule has 7 heteroatoms. The smallest absolute Gasteiger partial charge is 0.279 e. The molecule has 0 aliphatic carbocycles. The summed E-state index contributed by atoms with van der Waals surface area (Å²) in [5, 5.41) is 2.84. The molecule has 1 aromatic carbocycles. The fourth-order valence-corrected chi connectivity index (χ4v) is 4.36. The highest BCUT2D eigenvalue weighted by Gasteiger charge is 2.22. The summed E-state index contributed by atoms with van der Waals surface area (Å²) >= 11 is 0. The molecule has 128 valence electrons. The van der Waals surface area contributed by atoms with E-state index in [1.54, 1.807) is 24.3 Å². The Morgan fingerprint density at radius 1 is 1.13 bits per heavy atom. The maximum Gasteiger partial charge on any atom is 0.279 e. The van der Waals surface area contributed by atoms with Gasteiger partial charge in [-0.1, -0.05) is 13.8 Å². The highest BCUT2D eigenvalue weighted by atomic mass is 32.2. The van der Waals surface area contributed by atoms with E-state index in [1.807, 2.05) is 13.8 Å². The minimum atomic E-state index is -3.45. The van der Waals surface area contributed by atoms with E-state index in [0.29, 0.717) is 25.3 Å². The molecular formula is C16H26N3O3S+. The van der Waals surface area contributed by atoms with Crippen molar-refractivity contribution >= 4 is 21.6 Å². The van der Waals surface area contributed by atoms with Gasteiger partial charge in [0.1, 0.15) is 0 Å². The van der Waals surface area contributed by atoms with Crippen LogP contribution in [0.2, 0.25) is 0 Å². The molecule has 0 aromatic heterocycles. The van der Waals surface area contributed by atoms with Crippen LogP contribution in [0, 0.1) is 0 Å². The SMILES string of the molecule is CCN(CC)S(=O)(=O)c1ccc(NC(=O)C[NH+]2CCCC2)cc1. The van der Waals surface area contributed by atoms with Crippen LogP contribution in [-0.4, -0.2) is 51.4 Å². The predicted molar refractivity (Wildman–Crippen MR) is 90.0 cm³/mol. The standard InChI is InChI=1S/C16H25N3O3S/c1-3-19(4-2)23(21,22)15-9-7-14(8-10-15)17-16(20)13-18-11-5-6-12-18/h7-10H,3-6,11-13H2,1-2H3,(H,17,20)/p+1. The van der Waals surface area contributed by atoms with Crippen LogP contribution in [0.15, 0.2) is 29.2 Å². The van der Waals surface area contributed by atoms with Crippen molar-refractivity contribution in [3.05, 3.63) is 24.3 Å². The zero-order valence-electron chi connectivity index (χ0n) is 13.8. The summed E-state index contributed by atoms with van der Waals surface area (Å²) in [6.45, 7) is 7.08. The van der Waals surface area contributed by atoms with E-state index in [0.717, 1.165) is 13.1 Å². The first-order valence-electron chi connectivity index (χ1n) is 8.21. The van der Waals surface area contributed by atoms with E-state index in [2.05, 4.69) is 5.32 Å². The number of benzene rings is 1. The van der Waals surface area contributed by atoms with Crippen LogP contribution in [0.1, 0.15) is 26.7 Å². The molecule has 1 heterocycles. The lowest BCUT2D eigenvalue weighted by molar-refractivity contribution is -0.878. The Bertz CT molecular complexity index is 618. The lowest BCUT2D eigenvalue weighted by Crippen LogP contribution is -3.11. The van der Waals surface area contributed by atoms with Gasteiger partial charge in [0.2, 0.25) is 10.0 Å². The molecule has 1 saturated heterocycles. The third-order valence-corrected chi connectivity index (χ3v) is 6.27. The van der Waals surface area contributed by atoms with Crippen molar-refractivity contribution in [2.24, 2.45) is 0 Å². The average molecular weight is 340 g/mol. The lowest BCUT2D eigenvalue weighted by atomic mass is 10.3. The molecule has 1 aliphatic rings. The lowest BCUT2D eigenvalue weighted by Gasteiger charge is -2.18. The van der Waals surface area contributed by atoms with E-state index in [9.17, 15) is 13.2 Å². The Morgan fingerprint density at radius 2 is 1.70 bits per heavy atom. The third-order valence-electron chi connectivity index (χ3n) is 4.20. The van der Waals surface area contributed by atoms with Crippen LogP contribution < -0.4 is 10.2 Å². The number of nitrogens with zero attached hydrogens (tertiary/aromatic N) is 1. The molecule has 1 fully saturated rings. The van der Waals surface area contributed by atoms with Crippen LogP contribution in [0.5, 0.6) is 0 Å². The van der Waals surface area contributed by atoms with Crippen LogP contribution in [0.3, 0.4) is 0 Å². The van der Waals surface area contributed by atoms with Crippen molar-refractivity contribution in [3.8, 4) is 0 Å². The Morgan fingerprint density at radius 3 is 2.22 bits per heavy atom. The number of carbonyl (C=O) groups is 1. The maximum absolute atomic E-state index is 12.4. The number of likely N-dealkylation sites (tertiary alicyclic amines) is 1. The van der Waals surface area contributed by atoms with E-state index < -0.39 is 10.0 Å². The summed E-state index contributed by atoms with van der Waals surface area (Å²) in [4.78, 5) is 13.6. The van der Waals surface area contributed by atoms with Crippen LogP contribution in [0.4, 0.5) is 5.69 Å². The second-order valence-corrected chi connectivity index (χ2v) is 7.73. The molecule has 1 aliphatic heterocycles. The Hall–Kier alpha value is -1.44. The molecule has 0 saturated carbocycles. The number of rotatable bonds is 7. The Labute approximate surface area is 138 Å². The fourth-order valence-electron chi connectivity index (χ4n) is 2.91. The Kier molecular flexibility index (Phi) is 6.15. The highest BCUT2D eigenvalue weighted by molar-refractivity contribution is 7.89.